The lowest BCUT2D eigenvalue weighted by molar-refractivity contribution is -0.140. The zero-order valence-corrected chi connectivity index (χ0v) is 23.8. The molecular formula is C27H29BrClN3O4S. The second-order valence-corrected chi connectivity index (χ2v) is 11.8. The van der Waals surface area contributed by atoms with Crippen LogP contribution in [-0.2, 0) is 32.6 Å². The Balaban J connectivity index is 2.03. The SMILES string of the molecule is CCNC(=O)[C@@H](Cc1ccccc1)N(Cc1ccc(Br)cc1)C(=O)CN(c1cccc(Cl)c1)S(C)(=O)=O. The molecule has 37 heavy (non-hydrogen) atoms. The van der Waals surface area contributed by atoms with Gasteiger partial charge in [-0.1, -0.05) is 76.1 Å². The van der Waals surface area contributed by atoms with Crippen LogP contribution in [0.25, 0.3) is 0 Å². The molecule has 0 saturated carbocycles. The van der Waals surface area contributed by atoms with E-state index in [2.05, 4.69) is 21.2 Å². The fourth-order valence-corrected chi connectivity index (χ4v) is 5.17. The number of nitrogens with zero attached hydrogens (tertiary/aromatic N) is 2. The van der Waals surface area contributed by atoms with Gasteiger partial charge in [-0.05, 0) is 48.4 Å². The Kier molecular flexibility index (Phi) is 10.1. The molecule has 0 aliphatic heterocycles. The number of hydrogen-bond donors (Lipinski definition) is 1. The molecule has 3 aromatic rings. The molecule has 0 unspecified atom stereocenters. The van der Waals surface area contributed by atoms with Crippen LogP contribution < -0.4 is 9.62 Å². The predicted molar refractivity (Wildman–Crippen MR) is 151 cm³/mol. The van der Waals surface area contributed by atoms with Gasteiger partial charge in [-0.3, -0.25) is 13.9 Å². The molecule has 7 nitrogen and oxygen atoms in total. The van der Waals surface area contributed by atoms with E-state index in [0.717, 1.165) is 26.2 Å². The van der Waals surface area contributed by atoms with Crippen LogP contribution in [0.2, 0.25) is 5.02 Å². The standard InChI is InChI=1S/C27H29BrClN3O4S/c1-3-30-27(34)25(16-20-8-5-4-6-9-20)31(18-21-12-14-22(28)15-13-21)26(33)19-32(37(2,35)36)24-11-7-10-23(29)17-24/h4-15,17,25H,3,16,18-19H2,1-2H3,(H,30,34)/t25-/m1/s1. The van der Waals surface area contributed by atoms with Crippen LogP contribution in [-0.4, -0.2) is 50.5 Å². The lowest BCUT2D eigenvalue weighted by atomic mass is 10.0. The van der Waals surface area contributed by atoms with Gasteiger partial charge in [0.05, 0.1) is 11.9 Å². The summed E-state index contributed by atoms with van der Waals surface area (Å²) >= 11 is 9.52. The molecule has 196 valence electrons. The molecule has 0 radical (unpaired) electrons. The number of rotatable bonds is 11. The Morgan fingerprint density at radius 3 is 2.24 bits per heavy atom. The van der Waals surface area contributed by atoms with Crippen molar-refractivity contribution in [2.24, 2.45) is 0 Å². The minimum absolute atomic E-state index is 0.119. The Bertz CT molecular complexity index is 1320. The molecule has 0 heterocycles. The largest absolute Gasteiger partial charge is 0.355 e. The number of sulfonamides is 1. The average Bonchev–Trinajstić information content (AvgIpc) is 2.85. The highest BCUT2D eigenvalue weighted by atomic mass is 79.9. The van der Waals surface area contributed by atoms with Crippen molar-refractivity contribution in [1.82, 2.24) is 10.2 Å². The first kappa shape index (κ1) is 28.7. The van der Waals surface area contributed by atoms with Gasteiger partial charge in [-0.2, -0.15) is 0 Å². The molecule has 0 aliphatic rings. The summed E-state index contributed by atoms with van der Waals surface area (Å²) in [5.74, 6) is -0.828. The van der Waals surface area contributed by atoms with Gasteiger partial charge in [0.1, 0.15) is 12.6 Å². The fourth-order valence-electron chi connectivity index (χ4n) is 3.88. The maximum Gasteiger partial charge on any atom is 0.244 e. The second-order valence-electron chi connectivity index (χ2n) is 8.50. The number of carbonyl (C=O) groups excluding carboxylic acids is 2. The number of nitrogens with one attached hydrogen (secondary N) is 1. The van der Waals surface area contributed by atoms with E-state index in [1.807, 2.05) is 61.5 Å². The number of carbonyl (C=O) groups is 2. The van der Waals surface area contributed by atoms with Gasteiger partial charge in [-0.25, -0.2) is 8.42 Å². The molecule has 0 aromatic heterocycles. The van der Waals surface area contributed by atoms with E-state index in [9.17, 15) is 18.0 Å². The molecule has 3 aromatic carbocycles. The topological polar surface area (TPSA) is 86.8 Å². The van der Waals surface area contributed by atoms with Crippen molar-refractivity contribution in [2.45, 2.75) is 25.9 Å². The number of benzene rings is 3. The van der Waals surface area contributed by atoms with Crippen molar-refractivity contribution in [3.63, 3.8) is 0 Å². The minimum Gasteiger partial charge on any atom is -0.355 e. The van der Waals surface area contributed by atoms with Gasteiger partial charge in [0.2, 0.25) is 21.8 Å². The number of amides is 2. The number of halogens is 2. The van der Waals surface area contributed by atoms with E-state index in [0.29, 0.717) is 11.6 Å². The van der Waals surface area contributed by atoms with Gasteiger partial charge in [0.25, 0.3) is 0 Å². The predicted octanol–water partition coefficient (Wildman–Crippen LogP) is 4.64. The zero-order chi connectivity index (χ0) is 27.0. The van der Waals surface area contributed by atoms with Crippen molar-refractivity contribution >= 4 is 55.1 Å². The van der Waals surface area contributed by atoms with E-state index >= 15 is 0 Å². The summed E-state index contributed by atoms with van der Waals surface area (Å²) in [6, 6.07) is 22.3. The van der Waals surface area contributed by atoms with E-state index < -0.39 is 28.5 Å². The van der Waals surface area contributed by atoms with Gasteiger partial charge >= 0.3 is 0 Å². The van der Waals surface area contributed by atoms with E-state index in [4.69, 9.17) is 11.6 Å². The van der Waals surface area contributed by atoms with Gasteiger partial charge in [0, 0.05) is 29.0 Å². The molecule has 0 fully saturated rings. The van der Waals surface area contributed by atoms with E-state index in [-0.39, 0.29) is 24.6 Å². The first-order chi connectivity index (χ1) is 17.6. The third kappa shape index (κ3) is 8.31. The van der Waals surface area contributed by atoms with Crippen molar-refractivity contribution < 1.29 is 18.0 Å². The van der Waals surface area contributed by atoms with Gasteiger partial charge in [0.15, 0.2) is 0 Å². The van der Waals surface area contributed by atoms with Crippen LogP contribution in [0.4, 0.5) is 5.69 Å². The summed E-state index contributed by atoms with van der Waals surface area (Å²) in [5, 5.41) is 3.17. The van der Waals surface area contributed by atoms with Gasteiger partial charge in [-0.15, -0.1) is 0 Å². The first-order valence-corrected chi connectivity index (χ1v) is 14.7. The van der Waals surface area contributed by atoms with Crippen molar-refractivity contribution in [1.29, 1.82) is 0 Å². The van der Waals surface area contributed by atoms with Crippen LogP contribution in [0.15, 0.2) is 83.3 Å². The molecule has 1 atom stereocenters. The summed E-state index contributed by atoms with van der Waals surface area (Å²) in [6.07, 6.45) is 1.30. The van der Waals surface area contributed by atoms with Crippen LogP contribution in [0.3, 0.4) is 0 Å². The normalized spacial score (nSPS) is 12.0. The quantitative estimate of drug-likeness (QED) is 0.345. The average molecular weight is 607 g/mol. The summed E-state index contributed by atoms with van der Waals surface area (Å²) in [6.45, 7) is 1.83. The monoisotopic (exact) mass is 605 g/mol. The maximum absolute atomic E-state index is 13.9. The molecule has 2 amide bonds. The molecule has 0 saturated heterocycles. The summed E-state index contributed by atoms with van der Waals surface area (Å²) in [5.41, 5.74) is 1.94. The highest BCUT2D eigenvalue weighted by Gasteiger charge is 2.32. The van der Waals surface area contributed by atoms with Crippen molar-refractivity contribution in [3.05, 3.63) is 99.5 Å². The fraction of sp³-hybridized carbons (Fsp3) is 0.259. The minimum atomic E-state index is -3.84. The summed E-state index contributed by atoms with van der Waals surface area (Å²) in [4.78, 5) is 28.6. The number of hydrogen-bond acceptors (Lipinski definition) is 4. The molecule has 1 N–H and O–H groups in total. The van der Waals surface area contributed by atoms with Crippen molar-refractivity contribution in [2.75, 3.05) is 23.7 Å². The lowest BCUT2D eigenvalue weighted by Crippen LogP contribution is -2.53. The lowest BCUT2D eigenvalue weighted by Gasteiger charge is -2.33. The third-order valence-electron chi connectivity index (χ3n) is 5.66. The molecular weight excluding hydrogens is 578 g/mol. The van der Waals surface area contributed by atoms with E-state index in [1.54, 1.807) is 18.2 Å². The second kappa shape index (κ2) is 13.1. The number of likely N-dealkylation sites (N-methyl/N-ethyl adjacent to an activating group) is 1. The van der Waals surface area contributed by atoms with Crippen LogP contribution in [0, 0.1) is 0 Å². The highest BCUT2D eigenvalue weighted by molar-refractivity contribution is 9.10. The highest BCUT2D eigenvalue weighted by Crippen LogP contribution is 2.23. The molecule has 10 heteroatoms. The van der Waals surface area contributed by atoms with Crippen LogP contribution >= 0.6 is 27.5 Å². The smallest absolute Gasteiger partial charge is 0.244 e. The first-order valence-electron chi connectivity index (χ1n) is 11.7. The Hall–Kier alpha value is -2.88. The summed E-state index contributed by atoms with van der Waals surface area (Å²) < 4.78 is 27.3. The third-order valence-corrected chi connectivity index (χ3v) is 7.57. The Morgan fingerprint density at radius 2 is 1.65 bits per heavy atom. The van der Waals surface area contributed by atoms with E-state index in [1.165, 1.54) is 11.0 Å². The van der Waals surface area contributed by atoms with Crippen LogP contribution in [0.5, 0.6) is 0 Å². The summed E-state index contributed by atoms with van der Waals surface area (Å²) in [7, 11) is -3.84. The molecule has 0 spiro atoms. The Labute approximate surface area is 231 Å². The Morgan fingerprint density at radius 1 is 0.973 bits per heavy atom. The molecule has 3 rings (SSSR count). The zero-order valence-electron chi connectivity index (χ0n) is 20.6. The maximum atomic E-state index is 13.9. The molecule has 0 aliphatic carbocycles. The number of anilines is 1. The van der Waals surface area contributed by atoms with Crippen molar-refractivity contribution in [3.8, 4) is 0 Å². The van der Waals surface area contributed by atoms with Crippen LogP contribution in [0.1, 0.15) is 18.1 Å². The molecule has 0 bridgehead atoms. The van der Waals surface area contributed by atoms with Gasteiger partial charge < -0.3 is 10.2 Å².